The lowest BCUT2D eigenvalue weighted by molar-refractivity contribution is -0.384. The zero-order chi connectivity index (χ0) is 22.1. The van der Waals surface area contributed by atoms with E-state index in [9.17, 15) is 19.7 Å². The number of para-hydroxylation sites is 1. The third-order valence-electron chi connectivity index (χ3n) is 5.11. The van der Waals surface area contributed by atoms with Crippen molar-refractivity contribution in [1.29, 1.82) is 0 Å². The molecule has 1 amide bonds. The minimum atomic E-state index is -0.528. The summed E-state index contributed by atoms with van der Waals surface area (Å²) in [6, 6.07) is 18.2. The molecule has 154 valence electrons. The Kier molecular flexibility index (Phi) is 5.09. The number of carbonyl (C=O) groups is 1. The monoisotopic (exact) mass is 414 g/mol. The molecule has 0 unspecified atom stereocenters. The maximum Gasteiger partial charge on any atom is 0.271 e. The number of benzene rings is 3. The summed E-state index contributed by atoms with van der Waals surface area (Å²) >= 11 is 0. The van der Waals surface area contributed by atoms with E-state index in [1.807, 2.05) is 30.3 Å². The van der Waals surface area contributed by atoms with Gasteiger partial charge in [-0.15, -0.1) is 0 Å². The molecule has 4 aromatic rings. The standard InChI is InChI=1S/C24H18N2O5/c1-14-11-12-17(26(29)30)13-20(14)25-24(28)19-10-6-9-18-21(27)15(2)22(31-23(18)19)16-7-4-3-5-8-16/h3-13H,1-2H3,(H,25,28). The van der Waals surface area contributed by atoms with Gasteiger partial charge in [-0.25, -0.2) is 0 Å². The Labute approximate surface area is 177 Å². The maximum absolute atomic E-state index is 13.1. The van der Waals surface area contributed by atoms with Crippen molar-refractivity contribution >= 4 is 28.3 Å². The first-order valence-electron chi connectivity index (χ1n) is 9.55. The Morgan fingerprint density at radius 1 is 1.00 bits per heavy atom. The fourth-order valence-corrected chi connectivity index (χ4v) is 3.40. The fraction of sp³-hybridized carbons (Fsp3) is 0.0833. The molecular formula is C24H18N2O5. The van der Waals surface area contributed by atoms with Gasteiger partial charge in [0.05, 0.1) is 21.6 Å². The highest BCUT2D eigenvalue weighted by atomic mass is 16.6. The van der Waals surface area contributed by atoms with Crippen molar-refractivity contribution in [1.82, 2.24) is 0 Å². The van der Waals surface area contributed by atoms with E-state index in [1.165, 1.54) is 12.1 Å². The van der Waals surface area contributed by atoms with Gasteiger partial charge in [0.2, 0.25) is 0 Å². The SMILES string of the molecule is Cc1ccc([N+](=O)[O-])cc1NC(=O)c1cccc2c(=O)c(C)c(-c3ccccc3)oc12. The van der Waals surface area contributed by atoms with Crippen LogP contribution >= 0.6 is 0 Å². The minimum absolute atomic E-state index is 0.132. The molecule has 7 nitrogen and oxygen atoms in total. The van der Waals surface area contributed by atoms with Crippen LogP contribution < -0.4 is 10.7 Å². The number of fused-ring (bicyclic) bond motifs is 1. The molecule has 31 heavy (non-hydrogen) atoms. The number of aryl methyl sites for hydroxylation is 1. The van der Waals surface area contributed by atoms with E-state index in [0.717, 1.165) is 5.56 Å². The van der Waals surface area contributed by atoms with Crippen molar-refractivity contribution in [3.63, 3.8) is 0 Å². The number of nitro groups is 1. The van der Waals surface area contributed by atoms with Gasteiger partial charge in [0, 0.05) is 23.3 Å². The number of carbonyl (C=O) groups excluding carboxylic acids is 1. The van der Waals surface area contributed by atoms with E-state index in [-0.39, 0.29) is 22.3 Å². The van der Waals surface area contributed by atoms with E-state index < -0.39 is 10.8 Å². The number of nitro benzene ring substituents is 1. The number of non-ortho nitro benzene ring substituents is 1. The van der Waals surface area contributed by atoms with Crippen LogP contribution in [-0.2, 0) is 0 Å². The molecule has 0 fully saturated rings. The highest BCUT2D eigenvalue weighted by Gasteiger charge is 2.19. The van der Waals surface area contributed by atoms with Crippen molar-refractivity contribution in [3.8, 4) is 11.3 Å². The molecule has 0 saturated carbocycles. The molecule has 0 spiro atoms. The molecule has 1 N–H and O–H groups in total. The summed E-state index contributed by atoms with van der Waals surface area (Å²) < 4.78 is 6.07. The number of nitrogens with zero attached hydrogens (tertiary/aromatic N) is 1. The second-order valence-corrected chi connectivity index (χ2v) is 7.14. The average molecular weight is 414 g/mol. The van der Waals surface area contributed by atoms with Gasteiger partial charge in [-0.3, -0.25) is 19.7 Å². The lowest BCUT2D eigenvalue weighted by Crippen LogP contribution is -2.15. The van der Waals surface area contributed by atoms with Crippen molar-refractivity contribution in [2.45, 2.75) is 13.8 Å². The van der Waals surface area contributed by atoms with Gasteiger partial charge in [-0.2, -0.15) is 0 Å². The third-order valence-corrected chi connectivity index (χ3v) is 5.11. The number of nitrogens with one attached hydrogen (secondary N) is 1. The average Bonchev–Trinajstić information content (AvgIpc) is 2.77. The van der Waals surface area contributed by atoms with Gasteiger partial charge in [0.25, 0.3) is 11.6 Å². The molecule has 1 aromatic heterocycles. The second-order valence-electron chi connectivity index (χ2n) is 7.14. The van der Waals surface area contributed by atoms with Crippen LogP contribution in [0.3, 0.4) is 0 Å². The van der Waals surface area contributed by atoms with Gasteiger partial charge in [0.1, 0.15) is 5.76 Å². The van der Waals surface area contributed by atoms with Crippen LogP contribution in [-0.4, -0.2) is 10.8 Å². The number of anilines is 1. The van der Waals surface area contributed by atoms with Gasteiger partial charge in [-0.05, 0) is 31.5 Å². The Bertz CT molecular complexity index is 1390. The van der Waals surface area contributed by atoms with Gasteiger partial charge < -0.3 is 9.73 Å². The molecule has 0 aliphatic heterocycles. The molecule has 4 rings (SSSR count). The van der Waals surface area contributed by atoms with Gasteiger partial charge in [-0.1, -0.05) is 42.5 Å². The summed E-state index contributed by atoms with van der Waals surface area (Å²) in [6.45, 7) is 3.42. The summed E-state index contributed by atoms with van der Waals surface area (Å²) in [6.07, 6.45) is 0. The second kappa shape index (κ2) is 7.87. The predicted molar refractivity (Wildman–Crippen MR) is 118 cm³/mol. The first-order chi connectivity index (χ1) is 14.9. The third kappa shape index (κ3) is 3.69. The Morgan fingerprint density at radius 2 is 1.74 bits per heavy atom. The minimum Gasteiger partial charge on any atom is -0.455 e. The van der Waals surface area contributed by atoms with Crippen LogP contribution in [0.15, 0.2) is 75.9 Å². The van der Waals surface area contributed by atoms with Crippen molar-refractivity contribution in [2.24, 2.45) is 0 Å². The van der Waals surface area contributed by atoms with Crippen LogP contribution in [0.25, 0.3) is 22.3 Å². The number of hydrogen-bond acceptors (Lipinski definition) is 5. The molecule has 0 atom stereocenters. The molecule has 0 aliphatic rings. The molecule has 0 radical (unpaired) electrons. The summed E-state index contributed by atoms with van der Waals surface area (Å²) in [5, 5.41) is 14.1. The van der Waals surface area contributed by atoms with Crippen LogP contribution in [0, 0.1) is 24.0 Å². The van der Waals surface area contributed by atoms with Gasteiger partial charge >= 0.3 is 0 Å². The summed E-state index contributed by atoms with van der Waals surface area (Å²) in [5.41, 5.74) is 2.13. The van der Waals surface area contributed by atoms with E-state index in [2.05, 4.69) is 5.32 Å². The smallest absolute Gasteiger partial charge is 0.271 e. The van der Waals surface area contributed by atoms with E-state index in [4.69, 9.17) is 4.42 Å². The molecule has 3 aromatic carbocycles. The first kappa shape index (κ1) is 20.0. The Morgan fingerprint density at radius 3 is 2.45 bits per heavy atom. The zero-order valence-electron chi connectivity index (χ0n) is 16.8. The maximum atomic E-state index is 13.1. The number of rotatable bonds is 4. The zero-order valence-corrected chi connectivity index (χ0v) is 16.8. The molecule has 7 heteroatoms. The molecule has 0 aliphatic carbocycles. The predicted octanol–water partition coefficient (Wildman–Crippen LogP) is 5.24. The van der Waals surface area contributed by atoms with Crippen LogP contribution in [0.2, 0.25) is 0 Å². The van der Waals surface area contributed by atoms with E-state index >= 15 is 0 Å². The van der Waals surface area contributed by atoms with Crippen LogP contribution in [0.4, 0.5) is 11.4 Å². The molecule has 1 heterocycles. The van der Waals surface area contributed by atoms with Crippen molar-refractivity contribution in [3.05, 3.63) is 104 Å². The summed E-state index contributed by atoms with van der Waals surface area (Å²) in [4.78, 5) is 36.6. The normalized spacial score (nSPS) is 10.8. The fourth-order valence-electron chi connectivity index (χ4n) is 3.40. The molecule has 0 bridgehead atoms. The van der Waals surface area contributed by atoms with Crippen molar-refractivity contribution in [2.75, 3.05) is 5.32 Å². The van der Waals surface area contributed by atoms with Gasteiger partial charge in [0.15, 0.2) is 11.0 Å². The summed E-state index contributed by atoms with van der Waals surface area (Å²) in [7, 11) is 0. The van der Waals surface area contributed by atoms with Crippen LogP contribution in [0.1, 0.15) is 21.5 Å². The van der Waals surface area contributed by atoms with E-state index in [0.29, 0.717) is 28.0 Å². The largest absolute Gasteiger partial charge is 0.455 e. The Balaban J connectivity index is 1.84. The van der Waals surface area contributed by atoms with E-state index in [1.54, 1.807) is 38.1 Å². The summed E-state index contributed by atoms with van der Waals surface area (Å²) in [5.74, 6) is -0.134. The highest BCUT2D eigenvalue weighted by molar-refractivity contribution is 6.11. The topological polar surface area (TPSA) is 102 Å². The molecular weight excluding hydrogens is 396 g/mol. The molecule has 0 saturated heterocycles. The van der Waals surface area contributed by atoms with Crippen LogP contribution in [0.5, 0.6) is 0 Å². The number of amides is 1. The lowest BCUT2D eigenvalue weighted by Gasteiger charge is -2.12. The number of hydrogen-bond donors (Lipinski definition) is 1. The lowest BCUT2D eigenvalue weighted by atomic mass is 10.0. The Hall–Kier alpha value is -4.26. The highest BCUT2D eigenvalue weighted by Crippen LogP contribution is 2.28. The quantitative estimate of drug-likeness (QED) is 0.363. The van der Waals surface area contributed by atoms with Crippen molar-refractivity contribution < 1.29 is 14.1 Å². The first-order valence-corrected chi connectivity index (χ1v) is 9.55.